The molecule has 4 heteroatoms. The molecule has 4 nitrogen and oxygen atoms in total. The predicted octanol–water partition coefficient (Wildman–Crippen LogP) is 2.55. The van der Waals surface area contributed by atoms with Gasteiger partial charge in [-0.3, -0.25) is 4.79 Å². The van der Waals surface area contributed by atoms with Crippen molar-refractivity contribution in [2.24, 2.45) is 0 Å². The van der Waals surface area contributed by atoms with Crippen LogP contribution in [0, 0.1) is 0 Å². The van der Waals surface area contributed by atoms with Gasteiger partial charge in [0.2, 0.25) is 5.91 Å². The van der Waals surface area contributed by atoms with E-state index in [4.69, 9.17) is 4.74 Å². The summed E-state index contributed by atoms with van der Waals surface area (Å²) in [5.41, 5.74) is 0.813. The number of ether oxygens (including phenoxy) is 1. The summed E-state index contributed by atoms with van der Waals surface area (Å²) in [7, 11) is 0. The predicted molar refractivity (Wildman–Crippen MR) is 76.5 cm³/mol. The fourth-order valence-electron chi connectivity index (χ4n) is 2.19. The summed E-state index contributed by atoms with van der Waals surface area (Å²) >= 11 is 0. The van der Waals surface area contributed by atoms with Crippen LogP contribution in [0.15, 0.2) is 24.3 Å². The quantitative estimate of drug-likeness (QED) is 0.876. The Labute approximate surface area is 114 Å². The number of piperidine rings is 1. The van der Waals surface area contributed by atoms with Crippen molar-refractivity contribution in [2.75, 3.05) is 11.9 Å². The zero-order valence-corrected chi connectivity index (χ0v) is 11.6. The third kappa shape index (κ3) is 4.24. The van der Waals surface area contributed by atoms with E-state index in [1.165, 1.54) is 0 Å². The lowest BCUT2D eigenvalue weighted by Gasteiger charge is -2.22. The molecular formula is C15H22N2O2. The van der Waals surface area contributed by atoms with E-state index in [9.17, 15) is 4.79 Å². The van der Waals surface area contributed by atoms with Crippen molar-refractivity contribution in [1.29, 1.82) is 0 Å². The molecule has 1 aromatic rings. The van der Waals surface area contributed by atoms with Crippen LogP contribution in [-0.4, -0.2) is 24.6 Å². The van der Waals surface area contributed by atoms with Crippen molar-refractivity contribution in [3.05, 3.63) is 24.3 Å². The molecule has 1 aliphatic rings. The Bertz CT molecular complexity index is 409. The second-order valence-corrected chi connectivity index (χ2v) is 5.18. The van der Waals surface area contributed by atoms with Crippen molar-refractivity contribution >= 4 is 11.6 Å². The lowest BCUT2D eigenvalue weighted by molar-refractivity contribution is -0.118. The van der Waals surface area contributed by atoms with Crippen molar-refractivity contribution in [1.82, 2.24) is 5.32 Å². The zero-order valence-electron chi connectivity index (χ0n) is 11.6. The van der Waals surface area contributed by atoms with Crippen molar-refractivity contribution in [3.8, 4) is 5.75 Å². The van der Waals surface area contributed by atoms with Gasteiger partial charge < -0.3 is 15.4 Å². The summed E-state index contributed by atoms with van der Waals surface area (Å²) in [6, 6.07) is 7.45. The largest absolute Gasteiger partial charge is 0.491 e. The highest BCUT2D eigenvalue weighted by Gasteiger charge is 2.20. The molecule has 0 aromatic heterocycles. The van der Waals surface area contributed by atoms with Gasteiger partial charge in [0.15, 0.2) is 0 Å². The Morgan fingerprint density at radius 2 is 2.05 bits per heavy atom. The minimum Gasteiger partial charge on any atom is -0.491 e. The molecule has 0 bridgehead atoms. The fourth-order valence-corrected chi connectivity index (χ4v) is 2.19. The van der Waals surface area contributed by atoms with E-state index in [1.54, 1.807) is 0 Å². The maximum atomic E-state index is 12.0. The van der Waals surface area contributed by atoms with Crippen LogP contribution in [0.3, 0.4) is 0 Å². The normalized spacial score (nSPS) is 19.2. The second kappa shape index (κ2) is 6.57. The van der Waals surface area contributed by atoms with Gasteiger partial charge in [0.1, 0.15) is 5.75 Å². The number of anilines is 1. The molecule has 1 atom stereocenters. The Balaban J connectivity index is 1.89. The molecule has 19 heavy (non-hydrogen) atoms. The van der Waals surface area contributed by atoms with Crippen LogP contribution >= 0.6 is 0 Å². The maximum Gasteiger partial charge on any atom is 0.241 e. The lowest BCUT2D eigenvalue weighted by Crippen LogP contribution is -2.43. The first-order chi connectivity index (χ1) is 9.15. The smallest absolute Gasteiger partial charge is 0.241 e. The highest BCUT2D eigenvalue weighted by atomic mass is 16.5. The van der Waals surface area contributed by atoms with Gasteiger partial charge in [-0.2, -0.15) is 0 Å². The third-order valence-electron chi connectivity index (χ3n) is 3.12. The number of carbonyl (C=O) groups is 1. The molecular weight excluding hydrogens is 240 g/mol. The average Bonchev–Trinajstić information content (AvgIpc) is 2.41. The van der Waals surface area contributed by atoms with E-state index >= 15 is 0 Å². The van der Waals surface area contributed by atoms with Gasteiger partial charge in [0.05, 0.1) is 12.1 Å². The fraction of sp³-hybridized carbons (Fsp3) is 0.533. The molecule has 2 N–H and O–H groups in total. The van der Waals surface area contributed by atoms with Gasteiger partial charge >= 0.3 is 0 Å². The first kappa shape index (κ1) is 13.9. The SMILES string of the molecule is CC(C)Oc1ccc(NC(=O)[C@@H]2CCCCN2)cc1. The Morgan fingerprint density at radius 1 is 1.32 bits per heavy atom. The molecule has 0 radical (unpaired) electrons. The summed E-state index contributed by atoms with van der Waals surface area (Å²) in [5.74, 6) is 0.876. The number of nitrogens with one attached hydrogen (secondary N) is 2. The summed E-state index contributed by atoms with van der Waals surface area (Å²) in [6.45, 7) is 4.91. The van der Waals surface area contributed by atoms with Gasteiger partial charge in [-0.25, -0.2) is 0 Å². The molecule has 1 heterocycles. The number of benzene rings is 1. The van der Waals surface area contributed by atoms with E-state index in [-0.39, 0.29) is 18.1 Å². The van der Waals surface area contributed by atoms with Crippen LogP contribution in [-0.2, 0) is 4.79 Å². The van der Waals surface area contributed by atoms with Crippen LogP contribution in [0.4, 0.5) is 5.69 Å². The Hall–Kier alpha value is -1.55. The summed E-state index contributed by atoms with van der Waals surface area (Å²) < 4.78 is 5.57. The van der Waals surface area contributed by atoms with Crippen molar-refractivity contribution in [2.45, 2.75) is 45.3 Å². The first-order valence-corrected chi connectivity index (χ1v) is 6.96. The van der Waals surface area contributed by atoms with Crippen LogP contribution in [0.1, 0.15) is 33.1 Å². The topological polar surface area (TPSA) is 50.4 Å². The van der Waals surface area contributed by atoms with Gasteiger partial charge in [-0.15, -0.1) is 0 Å². The van der Waals surface area contributed by atoms with Crippen molar-refractivity contribution < 1.29 is 9.53 Å². The van der Waals surface area contributed by atoms with Crippen LogP contribution in [0.2, 0.25) is 0 Å². The number of carbonyl (C=O) groups excluding carboxylic acids is 1. The van der Waals surface area contributed by atoms with E-state index in [0.717, 1.165) is 37.2 Å². The van der Waals surface area contributed by atoms with E-state index < -0.39 is 0 Å². The number of rotatable bonds is 4. The minimum absolute atomic E-state index is 0.0530. The average molecular weight is 262 g/mol. The van der Waals surface area contributed by atoms with Gasteiger partial charge in [0.25, 0.3) is 0 Å². The molecule has 104 valence electrons. The van der Waals surface area contributed by atoms with Crippen molar-refractivity contribution in [3.63, 3.8) is 0 Å². The van der Waals surface area contributed by atoms with E-state index in [0.29, 0.717) is 0 Å². The molecule has 1 aliphatic heterocycles. The molecule has 1 fully saturated rings. The Kier molecular flexibility index (Phi) is 4.80. The number of hydrogen-bond acceptors (Lipinski definition) is 3. The molecule has 2 rings (SSSR count). The molecule has 0 unspecified atom stereocenters. The van der Waals surface area contributed by atoms with Gasteiger partial charge in [-0.05, 0) is 57.5 Å². The summed E-state index contributed by atoms with van der Waals surface area (Å²) in [6.07, 6.45) is 3.35. The third-order valence-corrected chi connectivity index (χ3v) is 3.12. The molecule has 0 spiro atoms. The van der Waals surface area contributed by atoms with E-state index in [2.05, 4.69) is 10.6 Å². The maximum absolute atomic E-state index is 12.0. The first-order valence-electron chi connectivity index (χ1n) is 6.96. The minimum atomic E-state index is -0.0552. The summed E-state index contributed by atoms with van der Waals surface area (Å²) in [4.78, 5) is 12.0. The zero-order chi connectivity index (χ0) is 13.7. The monoisotopic (exact) mass is 262 g/mol. The highest BCUT2D eigenvalue weighted by Crippen LogP contribution is 2.17. The van der Waals surface area contributed by atoms with Gasteiger partial charge in [-0.1, -0.05) is 6.42 Å². The van der Waals surface area contributed by atoms with Crippen LogP contribution in [0.25, 0.3) is 0 Å². The van der Waals surface area contributed by atoms with Crippen LogP contribution < -0.4 is 15.4 Å². The number of hydrogen-bond donors (Lipinski definition) is 2. The van der Waals surface area contributed by atoms with E-state index in [1.807, 2.05) is 38.1 Å². The highest BCUT2D eigenvalue weighted by molar-refractivity contribution is 5.94. The van der Waals surface area contributed by atoms with Crippen LogP contribution in [0.5, 0.6) is 5.75 Å². The Morgan fingerprint density at radius 3 is 2.63 bits per heavy atom. The summed E-state index contributed by atoms with van der Waals surface area (Å²) in [5, 5.41) is 6.18. The standard InChI is InChI=1S/C15H22N2O2/c1-11(2)19-13-8-6-12(7-9-13)17-15(18)14-5-3-4-10-16-14/h6-9,11,14,16H,3-5,10H2,1-2H3,(H,17,18)/t14-/m0/s1. The molecule has 0 aliphatic carbocycles. The number of amides is 1. The molecule has 1 saturated heterocycles. The van der Waals surface area contributed by atoms with Gasteiger partial charge in [0, 0.05) is 5.69 Å². The lowest BCUT2D eigenvalue weighted by atomic mass is 10.0. The molecule has 1 amide bonds. The molecule has 1 aromatic carbocycles. The second-order valence-electron chi connectivity index (χ2n) is 5.18. The molecule has 0 saturated carbocycles.